The van der Waals surface area contributed by atoms with Crippen LogP contribution in [0.4, 0.5) is 0 Å². The Morgan fingerprint density at radius 2 is 2.20 bits per heavy atom. The van der Waals surface area contributed by atoms with E-state index in [9.17, 15) is 4.79 Å². The summed E-state index contributed by atoms with van der Waals surface area (Å²) in [6.45, 7) is -0.125. The molecule has 1 heterocycles. The van der Waals surface area contributed by atoms with Crippen LogP contribution in [0.2, 0.25) is 0 Å². The van der Waals surface area contributed by atoms with E-state index in [0.717, 1.165) is 10.9 Å². The summed E-state index contributed by atoms with van der Waals surface area (Å²) in [5, 5.41) is 0.972. The zero-order chi connectivity index (χ0) is 10.7. The molecule has 4 nitrogen and oxygen atoms in total. The van der Waals surface area contributed by atoms with E-state index in [4.69, 9.17) is 10.5 Å². The molecule has 1 aromatic heterocycles. The summed E-state index contributed by atoms with van der Waals surface area (Å²) in [6, 6.07) is 9.50. The molecule has 0 unspecified atom stereocenters. The first-order valence-electron chi connectivity index (χ1n) is 4.51. The number of nitrogens with two attached hydrogens (primary N) is 1. The molecule has 0 fully saturated rings. The Labute approximate surface area is 86.7 Å². The van der Waals surface area contributed by atoms with Crippen LogP contribution in [0.3, 0.4) is 0 Å². The molecule has 0 atom stereocenters. The molecule has 0 spiro atoms. The highest BCUT2D eigenvalue weighted by molar-refractivity contribution is 5.79. The third-order valence-electron chi connectivity index (χ3n) is 1.95. The number of hydrogen-bond acceptors (Lipinski definition) is 3. The van der Waals surface area contributed by atoms with Gasteiger partial charge in [0, 0.05) is 5.39 Å². The number of carbonyl (C=O) groups excluding carboxylic acids is 1. The number of benzene rings is 1. The van der Waals surface area contributed by atoms with E-state index in [1.807, 2.05) is 30.3 Å². The van der Waals surface area contributed by atoms with Gasteiger partial charge in [-0.05, 0) is 12.1 Å². The van der Waals surface area contributed by atoms with Gasteiger partial charge in [0.05, 0.1) is 11.7 Å². The molecule has 76 valence electrons. The maximum Gasteiger partial charge on any atom is 0.255 e. The highest BCUT2D eigenvalue weighted by Gasteiger charge is 1.99. The Bertz CT molecular complexity index is 497. The highest BCUT2D eigenvalue weighted by atomic mass is 16.5. The van der Waals surface area contributed by atoms with Crippen LogP contribution in [0.15, 0.2) is 36.5 Å². The molecule has 0 saturated carbocycles. The first-order chi connectivity index (χ1) is 7.25. The molecule has 15 heavy (non-hydrogen) atoms. The lowest BCUT2D eigenvalue weighted by molar-refractivity contribution is -0.119. The van der Waals surface area contributed by atoms with Gasteiger partial charge in [-0.15, -0.1) is 0 Å². The Hall–Kier alpha value is -2.10. The fourth-order valence-corrected chi connectivity index (χ4v) is 1.28. The predicted molar refractivity (Wildman–Crippen MR) is 56.4 cm³/mol. The van der Waals surface area contributed by atoms with Crippen molar-refractivity contribution in [3.63, 3.8) is 0 Å². The van der Waals surface area contributed by atoms with Crippen LogP contribution in [0.25, 0.3) is 10.9 Å². The van der Waals surface area contributed by atoms with Gasteiger partial charge in [0.15, 0.2) is 6.61 Å². The Balaban J connectivity index is 2.26. The lowest BCUT2D eigenvalue weighted by Gasteiger charge is -2.03. The van der Waals surface area contributed by atoms with Crippen molar-refractivity contribution in [3.8, 4) is 5.75 Å². The minimum atomic E-state index is -0.497. The van der Waals surface area contributed by atoms with Crippen LogP contribution < -0.4 is 10.5 Å². The van der Waals surface area contributed by atoms with Gasteiger partial charge in [0.1, 0.15) is 5.75 Å². The van der Waals surface area contributed by atoms with Crippen LogP contribution >= 0.6 is 0 Å². The molecule has 1 amide bonds. The number of aromatic nitrogens is 1. The van der Waals surface area contributed by atoms with Crippen molar-refractivity contribution in [1.82, 2.24) is 4.98 Å². The average Bonchev–Trinajstić information content (AvgIpc) is 2.26. The molecule has 2 aromatic rings. The van der Waals surface area contributed by atoms with Crippen molar-refractivity contribution in [3.05, 3.63) is 36.5 Å². The lowest BCUT2D eigenvalue weighted by Crippen LogP contribution is -2.20. The largest absolute Gasteiger partial charge is 0.482 e. The molecule has 0 aliphatic rings. The van der Waals surface area contributed by atoms with Crippen LogP contribution in [0, 0.1) is 0 Å². The Morgan fingerprint density at radius 3 is 3.00 bits per heavy atom. The fourth-order valence-electron chi connectivity index (χ4n) is 1.28. The van der Waals surface area contributed by atoms with Gasteiger partial charge in [-0.1, -0.05) is 18.2 Å². The molecule has 0 bridgehead atoms. The van der Waals surface area contributed by atoms with Gasteiger partial charge in [0.25, 0.3) is 5.91 Å². The summed E-state index contributed by atoms with van der Waals surface area (Å²) in [7, 11) is 0. The zero-order valence-electron chi connectivity index (χ0n) is 8.01. The monoisotopic (exact) mass is 202 g/mol. The third kappa shape index (κ3) is 2.22. The van der Waals surface area contributed by atoms with Gasteiger partial charge in [-0.25, -0.2) is 0 Å². The summed E-state index contributed by atoms with van der Waals surface area (Å²) in [4.78, 5) is 14.7. The van der Waals surface area contributed by atoms with E-state index < -0.39 is 5.91 Å². The zero-order valence-corrected chi connectivity index (χ0v) is 8.01. The van der Waals surface area contributed by atoms with Gasteiger partial charge < -0.3 is 10.5 Å². The summed E-state index contributed by atoms with van der Waals surface area (Å²) in [5.74, 6) is 0.0515. The summed E-state index contributed by atoms with van der Waals surface area (Å²) in [5.41, 5.74) is 5.86. The second kappa shape index (κ2) is 3.96. The average molecular weight is 202 g/mol. The van der Waals surface area contributed by atoms with Crippen LogP contribution in [0.5, 0.6) is 5.75 Å². The number of amides is 1. The maximum atomic E-state index is 10.5. The molecular weight excluding hydrogens is 192 g/mol. The first-order valence-corrected chi connectivity index (χ1v) is 4.51. The van der Waals surface area contributed by atoms with Crippen LogP contribution in [0.1, 0.15) is 0 Å². The third-order valence-corrected chi connectivity index (χ3v) is 1.95. The fraction of sp³-hybridized carbons (Fsp3) is 0.0909. The van der Waals surface area contributed by atoms with E-state index in [0.29, 0.717) is 5.75 Å². The van der Waals surface area contributed by atoms with E-state index in [2.05, 4.69) is 4.98 Å². The van der Waals surface area contributed by atoms with Crippen molar-refractivity contribution in [2.75, 3.05) is 6.61 Å². The minimum Gasteiger partial charge on any atom is -0.482 e. The summed E-state index contributed by atoms with van der Waals surface area (Å²) >= 11 is 0. The van der Waals surface area contributed by atoms with E-state index in [-0.39, 0.29) is 6.61 Å². The number of carbonyl (C=O) groups is 1. The minimum absolute atomic E-state index is 0.125. The van der Waals surface area contributed by atoms with Gasteiger partial charge in [0.2, 0.25) is 0 Å². The van der Waals surface area contributed by atoms with Gasteiger partial charge in [-0.3, -0.25) is 9.78 Å². The molecule has 4 heteroatoms. The molecule has 2 N–H and O–H groups in total. The van der Waals surface area contributed by atoms with Gasteiger partial charge >= 0.3 is 0 Å². The van der Waals surface area contributed by atoms with Crippen molar-refractivity contribution in [2.45, 2.75) is 0 Å². The van der Waals surface area contributed by atoms with Crippen molar-refractivity contribution < 1.29 is 9.53 Å². The smallest absolute Gasteiger partial charge is 0.255 e. The number of hydrogen-bond donors (Lipinski definition) is 1. The number of nitrogens with zero attached hydrogens (tertiary/aromatic N) is 1. The molecule has 1 aromatic carbocycles. The quantitative estimate of drug-likeness (QED) is 0.810. The molecule has 0 aliphatic heterocycles. The van der Waals surface area contributed by atoms with Crippen LogP contribution in [-0.4, -0.2) is 17.5 Å². The SMILES string of the molecule is NC(=O)COc1cnc2ccccc2c1. The highest BCUT2D eigenvalue weighted by Crippen LogP contribution is 2.17. The molecule has 2 rings (SSSR count). The summed E-state index contributed by atoms with van der Waals surface area (Å²) < 4.78 is 5.14. The number of ether oxygens (including phenoxy) is 1. The first kappa shape index (κ1) is 9.45. The van der Waals surface area contributed by atoms with E-state index in [1.54, 1.807) is 6.20 Å². The Morgan fingerprint density at radius 1 is 1.40 bits per heavy atom. The molecule has 0 radical (unpaired) electrons. The number of fused-ring (bicyclic) bond motifs is 1. The number of pyridine rings is 1. The van der Waals surface area contributed by atoms with E-state index >= 15 is 0 Å². The second-order valence-electron chi connectivity index (χ2n) is 3.12. The van der Waals surface area contributed by atoms with E-state index in [1.165, 1.54) is 0 Å². The summed E-state index contributed by atoms with van der Waals surface area (Å²) in [6.07, 6.45) is 1.57. The number of primary amides is 1. The molecular formula is C11H10N2O2. The standard InChI is InChI=1S/C11H10N2O2/c12-11(14)7-15-9-5-8-3-1-2-4-10(8)13-6-9/h1-6H,7H2,(H2,12,14). The Kier molecular flexibility index (Phi) is 2.49. The van der Waals surface area contributed by atoms with Crippen molar-refractivity contribution in [1.29, 1.82) is 0 Å². The number of para-hydroxylation sites is 1. The molecule has 0 saturated heterocycles. The second-order valence-corrected chi connectivity index (χ2v) is 3.12. The van der Waals surface area contributed by atoms with Crippen LogP contribution in [-0.2, 0) is 4.79 Å². The van der Waals surface area contributed by atoms with Gasteiger partial charge in [-0.2, -0.15) is 0 Å². The number of rotatable bonds is 3. The topological polar surface area (TPSA) is 65.2 Å². The maximum absolute atomic E-state index is 10.5. The van der Waals surface area contributed by atoms with Crippen molar-refractivity contribution in [2.24, 2.45) is 5.73 Å². The normalized spacial score (nSPS) is 10.1. The lowest BCUT2D eigenvalue weighted by atomic mass is 10.2. The van der Waals surface area contributed by atoms with Crippen molar-refractivity contribution >= 4 is 16.8 Å². The predicted octanol–water partition coefficient (Wildman–Crippen LogP) is 1.10. The molecule has 0 aliphatic carbocycles.